The van der Waals surface area contributed by atoms with Crippen LogP contribution in [0.3, 0.4) is 0 Å². The highest BCUT2D eigenvalue weighted by molar-refractivity contribution is 4.91. The Balaban J connectivity index is 1.91. The molecule has 0 radical (unpaired) electrons. The molecule has 2 unspecified atom stereocenters. The highest BCUT2D eigenvalue weighted by Crippen LogP contribution is 2.34. The quantitative estimate of drug-likeness (QED) is 0.611. The minimum Gasteiger partial charge on any atom is -0.297 e. The predicted molar refractivity (Wildman–Crippen MR) is 52.2 cm³/mol. The molecule has 0 aromatic heterocycles. The maximum absolute atomic E-state index is 2.78. The summed E-state index contributed by atoms with van der Waals surface area (Å²) in [6, 6.07) is 1.92. The largest absolute Gasteiger partial charge is 0.297 e. The second kappa shape index (κ2) is 3.37. The van der Waals surface area contributed by atoms with E-state index in [1.807, 2.05) is 0 Å². The zero-order valence-corrected chi connectivity index (χ0v) is 8.42. The maximum atomic E-state index is 2.78. The van der Waals surface area contributed by atoms with E-state index in [0.717, 1.165) is 18.0 Å². The molecule has 0 spiro atoms. The van der Waals surface area contributed by atoms with Crippen LogP contribution in [0.4, 0.5) is 0 Å². The lowest BCUT2D eigenvalue weighted by atomic mass is 10.0. The van der Waals surface area contributed by atoms with Crippen molar-refractivity contribution in [1.29, 1.82) is 0 Å². The van der Waals surface area contributed by atoms with Gasteiger partial charge >= 0.3 is 0 Å². The highest BCUT2D eigenvalue weighted by Gasteiger charge is 2.36. The predicted octanol–water partition coefficient (Wildman–Crippen LogP) is 2.66. The van der Waals surface area contributed by atoms with Crippen molar-refractivity contribution >= 4 is 0 Å². The van der Waals surface area contributed by atoms with Crippen molar-refractivity contribution in [2.75, 3.05) is 6.54 Å². The maximum Gasteiger partial charge on any atom is 0.0101 e. The summed E-state index contributed by atoms with van der Waals surface area (Å²) in [6.45, 7) is 6.09. The van der Waals surface area contributed by atoms with E-state index in [0.29, 0.717) is 0 Å². The van der Waals surface area contributed by atoms with Gasteiger partial charge in [0.05, 0.1) is 0 Å². The van der Waals surface area contributed by atoms with Crippen molar-refractivity contribution in [2.24, 2.45) is 5.92 Å². The van der Waals surface area contributed by atoms with Crippen LogP contribution in [-0.4, -0.2) is 23.5 Å². The molecule has 0 aromatic rings. The van der Waals surface area contributed by atoms with Gasteiger partial charge in [0.2, 0.25) is 0 Å². The van der Waals surface area contributed by atoms with Crippen molar-refractivity contribution in [3.63, 3.8) is 0 Å². The molecule has 1 nitrogen and oxygen atoms in total. The van der Waals surface area contributed by atoms with Gasteiger partial charge < -0.3 is 0 Å². The molecule has 0 aliphatic carbocycles. The third kappa shape index (κ3) is 1.52. The van der Waals surface area contributed by atoms with E-state index in [4.69, 9.17) is 0 Å². The van der Waals surface area contributed by atoms with Crippen molar-refractivity contribution in [1.82, 2.24) is 4.90 Å². The summed E-state index contributed by atoms with van der Waals surface area (Å²) >= 11 is 0. The second-order valence-electron chi connectivity index (χ2n) is 4.89. The molecule has 0 bridgehead atoms. The Morgan fingerprint density at radius 2 is 2.08 bits per heavy atom. The molecule has 2 heterocycles. The van der Waals surface area contributed by atoms with Crippen LogP contribution in [0.1, 0.15) is 46.0 Å². The summed E-state index contributed by atoms with van der Waals surface area (Å²) in [6.07, 6.45) is 7.32. The summed E-state index contributed by atoms with van der Waals surface area (Å²) in [5.74, 6) is 0.884. The second-order valence-corrected chi connectivity index (χ2v) is 4.89. The number of nitrogens with zero attached hydrogens (tertiary/aromatic N) is 1. The molecule has 0 aromatic carbocycles. The molecule has 2 rings (SSSR count). The van der Waals surface area contributed by atoms with Gasteiger partial charge in [0.15, 0.2) is 0 Å². The van der Waals surface area contributed by atoms with Gasteiger partial charge in [-0.3, -0.25) is 4.90 Å². The SMILES string of the molecule is CC(C)CC1CCC2CCCN21. The fourth-order valence-corrected chi connectivity index (χ4v) is 3.00. The molecular formula is C11H21N. The monoisotopic (exact) mass is 167 g/mol. The minimum atomic E-state index is 0.884. The molecular weight excluding hydrogens is 146 g/mol. The average Bonchev–Trinajstić information content (AvgIpc) is 2.52. The summed E-state index contributed by atoms with van der Waals surface area (Å²) in [7, 11) is 0. The van der Waals surface area contributed by atoms with Crippen LogP contribution in [0, 0.1) is 5.92 Å². The van der Waals surface area contributed by atoms with Gasteiger partial charge in [-0.25, -0.2) is 0 Å². The van der Waals surface area contributed by atoms with E-state index in [9.17, 15) is 0 Å². The third-order valence-corrected chi connectivity index (χ3v) is 3.47. The number of rotatable bonds is 2. The van der Waals surface area contributed by atoms with Crippen LogP contribution >= 0.6 is 0 Å². The smallest absolute Gasteiger partial charge is 0.0101 e. The molecule has 0 amide bonds. The molecule has 2 atom stereocenters. The lowest BCUT2D eigenvalue weighted by Gasteiger charge is -2.24. The Hall–Kier alpha value is -0.0400. The molecule has 2 aliphatic rings. The standard InChI is InChI=1S/C11H21N/c1-9(2)8-11-6-5-10-4-3-7-12(10)11/h9-11H,3-8H2,1-2H3. The Bertz CT molecular complexity index is 153. The Kier molecular flexibility index (Phi) is 2.40. The van der Waals surface area contributed by atoms with Gasteiger partial charge in [-0.2, -0.15) is 0 Å². The molecule has 1 heteroatoms. The van der Waals surface area contributed by atoms with Gasteiger partial charge in [0.1, 0.15) is 0 Å². The van der Waals surface area contributed by atoms with Gasteiger partial charge in [-0.15, -0.1) is 0 Å². The summed E-state index contributed by atoms with van der Waals surface area (Å²) in [5.41, 5.74) is 0. The zero-order valence-electron chi connectivity index (χ0n) is 8.42. The van der Waals surface area contributed by atoms with Crippen molar-refractivity contribution in [3.05, 3.63) is 0 Å². The first-order valence-corrected chi connectivity index (χ1v) is 5.53. The van der Waals surface area contributed by atoms with E-state index in [2.05, 4.69) is 18.7 Å². The minimum absolute atomic E-state index is 0.884. The molecule has 2 fully saturated rings. The third-order valence-electron chi connectivity index (χ3n) is 3.47. The van der Waals surface area contributed by atoms with E-state index < -0.39 is 0 Å². The Morgan fingerprint density at radius 1 is 1.25 bits per heavy atom. The van der Waals surface area contributed by atoms with Gasteiger partial charge in [-0.1, -0.05) is 13.8 Å². The lowest BCUT2D eigenvalue weighted by Crippen LogP contribution is -2.32. The first-order chi connectivity index (χ1) is 5.77. The molecule has 0 saturated carbocycles. The molecule has 70 valence electrons. The highest BCUT2D eigenvalue weighted by atomic mass is 15.2. The summed E-state index contributed by atoms with van der Waals surface area (Å²) < 4.78 is 0. The normalized spacial score (nSPS) is 36.2. The first kappa shape index (κ1) is 8.55. The fourth-order valence-electron chi connectivity index (χ4n) is 3.00. The molecule has 0 N–H and O–H groups in total. The lowest BCUT2D eigenvalue weighted by molar-refractivity contribution is 0.219. The van der Waals surface area contributed by atoms with E-state index in [-0.39, 0.29) is 0 Å². The Labute approximate surface area is 76.1 Å². The zero-order chi connectivity index (χ0) is 8.55. The Morgan fingerprint density at radius 3 is 2.83 bits per heavy atom. The van der Waals surface area contributed by atoms with Crippen LogP contribution in [0.15, 0.2) is 0 Å². The van der Waals surface area contributed by atoms with Gasteiger partial charge in [0, 0.05) is 12.1 Å². The van der Waals surface area contributed by atoms with E-state index in [1.54, 1.807) is 0 Å². The molecule has 12 heavy (non-hydrogen) atoms. The number of hydrogen-bond acceptors (Lipinski definition) is 1. The van der Waals surface area contributed by atoms with Crippen LogP contribution in [0.5, 0.6) is 0 Å². The molecule has 2 saturated heterocycles. The summed E-state index contributed by atoms with van der Waals surface area (Å²) in [5, 5.41) is 0. The molecule has 2 aliphatic heterocycles. The number of fused-ring (bicyclic) bond motifs is 1. The topological polar surface area (TPSA) is 3.24 Å². The van der Waals surface area contributed by atoms with Crippen molar-refractivity contribution in [3.8, 4) is 0 Å². The fraction of sp³-hybridized carbons (Fsp3) is 1.00. The van der Waals surface area contributed by atoms with Crippen LogP contribution in [0.25, 0.3) is 0 Å². The van der Waals surface area contributed by atoms with Crippen LogP contribution in [-0.2, 0) is 0 Å². The van der Waals surface area contributed by atoms with Crippen LogP contribution in [0.2, 0.25) is 0 Å². The first-order valence-electron chi connectivity index (χ1n) is 5.53. The average molecular weight is 167 g/mol. The van der Waals surface area contributed by atoms with Crippen LogP contribution < -0.4 is 0 Å². The van der Waals surface area contributed by atoms with E-state index in [1.165, 1.54) is 38.6 Å². The number of hydrogen-bond donors (Lipinski definition) is 0. The van der Waals surface area contributed by atoms with Gasteiger partial charge in [0.25, 0.3) is 0 Å². The van der Waals surface area contributed by atoms with E-state index >= 15 is 0 Å². The van der Waals surface area contributed by atoms with Gasteiger partial charge in [-0.05, 0) is 44.6 Å². The summed E-state index contributed by atoms with van der Waals surface area (Å²) in [4.78, 5) is 2.78. The van der Waals surface area contributed by atoms with Crippen molar-refractivity contribution < 1.29 is 0 Å². The van der Waals surface area contributed by atoms with Crippen molar-refractivity contribution in [2.45, 2.75) is 58.0 Å².